The number of hydrazine groups is 1. The second kappa shape index (κ2) is 10.1. The number of unbranched alkanes of at least 4 members (excludes halogenated alkanes) is 5. The van der Waals surface area contributed by atoms with Crippen LogP contribution >= 0.6 is 0 Å². The Kier molecular flexibility index (Phi) is 7.70. The standard InChI is InChI=1S/C25H33F3N2O2/c1-4-5-6-7-8-11-14-32-21-16-19(15-18-12-9-10-13-20(18)21)22(25(26,27)28)30-17-24(2,3)23(31)29-30/h9-10,12-13,15-16,22H,4-8,11,14,17H2,1-3H3,(H,29,31)/t22-/m0/s1. The lowest BCUT2D eigenvalue weighted by molar-refractivity contribution is -0.191. The number of hydrogen-bond donors (Lipinski definition) is 1. The molecule has 0 aliphatic carbocycles. The van der Waals surface area contributed by atoms with Crippen molar-refractivity contribution in [2.75, 3.05) is 13.2 Å². The number of hydrogen-bond acceptors (Lipinski definition) is 3. The van der Waals surface area contributed by atoms with Crippen molar-refractivity contribution in [3.05, 3.63) is 42.0 Å². The van der Waals surface area contributed by atoms with Crippen LogP contribution in [0, 0.1) is 5.41 Å². The van der Waals surface area contributed by atoms with Crippen molar-refractivity contribution in [3.63, 3.8) is 0 Å². The number of rotatable bonds is 10. The lowest BCUT2D eigenvalue weighted by Gasteiger charge is -2.30. The van der Waals surface area contributed by atoms with Crippen molar-refractivity contribution in [3.8, 4) is 5.75 Å². The van der Waals surface area contributed by atoms with E-state index in [0.717, 1.165) is 29.7 Å². The van der Waals surface area contributed by atoms with E-state index < -0.39 is 23.5 Å². The smallest absolute Gasteiger partial charge is 0.409 e. The zero-order chi connectivity index (χ0) is 23.4. The Morgan fingerprint density at radius 2 is 1.78 bits per heavy atom. The van der Waals surface area contributed by atoms with Gasteiger partial charge in [0.1, 0.15) is 11.8 Å². The first-order valence-corrected chi connectivity index (χ1v) is 11.4. The molecule has 1 atom stereocenters. The van der Waals surface area contributed by atoms with Crippen LogP contribution in [0.3, 0.4) is 0 Å². The van der Waals surface area contributed by atoms with Gasteiger partial charge in [-0.2, -0.15) is 13.2 Å². The van der Waals surface area contributed by atoms with Crippen molar-refractivity contribution in [2.24, 2.45) is 5.41 Å². The number of halogens is 3. The molecular weight excluding hydrogens is 417 g/mol. The molecule has 1 aliphatic heterocycles. The van der Waals surface area contributed by atoms with Crippen LogP contribution in [-0.2, 0) is 4.79 Å². The number of ether oxygens (including phenoxy) is 1. The van der Waals surface area contributed by atoms with E-state index in [4.69, 9.17) is 4.74 Å². The van der Waals surface area contributed by atoms with Crippen molar-refractivity contribution in [1.29, 1.82) is 0 Å². The average molecular weight is 451 g/mol. The van der Waals surface area contributed by atoms with E-state index in [2.05, 4.69) is 12.3 Å². The maximum absolute atomic E-state index is 14.2. The molecule has 0 saturated carbocycles. The molecule has 32 heavy (non-hydrogen) atoms. The summed E-state index contributed by atoms with van der Waals surface area (Å²) in [7, 11) is 0. The van der Waals surface area contributed by atoms with Gasteiger partial charge in [0.2, 0.25) is 5.91 Å². The first kappa shape index (κ1) is 24.4. The number of nitrogens with zero attached hydrogens (tertiary/aromatic N) is 1. The molecule has 3 rings (SSSR count). The summed E-state index contributed by atoms with van der Waals surface area (Å²) in [6, 6.07) is 8.37. The predicted octanol–water partition coefficient (Wildman–Crippen LogP) is 6.56. The van der Waals surface area contributed by atoms with Crippen molar-refractivity contribution in [1.82, 2.24) is 10.4 Å². The fourth-order valence-corrected chi connectivity index (χ4v) is 4.16. The lowest BCUT2D eigenvalue weighted by Crippen LogP contribution is -2.43. The van der Waals surface area contributed by atoms with E-state index in [0.29, 0.717) is 17.7 Å². The SMILES string of the molecule is CCCCCCCCOc1cc([C@H](N2CC(C)(C)C(=O)N2)C(F)(F)F)cc2ccccc12. The molecule has 2 aromatic rings. The summed E-state index contributed by atoms with van der Waals surface area (Å²) in [6.07, 6.45) is 2.07. The second-order valence-corrected chi connectivity index (χ2v) is 9.25. The molecule has 1 heterocycles. The van der Waals surface area contributed by atoms with E-state index in [-0.39, 0.29) is 12.1 Å². The topological polar surface area (TPSA) is 41.6 Å². The molecule has 0 aromatic heterocycles. The van der Waals surface area contributed by atoms with Crippen LogP contribution in [0.1, 0.15) is 70.9 Å². The molecular formula is C25H33F3N2O2. The quantitative estimate of drug-likeness (QED) is 0.417. The third-order valence-electron chi connectivity index (χ3n) is 5.96. The molecule has 0 radical (unpaired) electrons. The molecule has 176 valence electrons. The summed E-state index contributed by atoms with van der Waals surface area (Å²) in [4.78, 5) is 12.2. The molecule has 1 N–H and O–H groups in total. The van der Waals surface area contributed by atoms with Crippen LogP contribution in [0.2, 0.25) is 0 Å². The van der Waals surface area contributed by atoms with E-state index in [1.165, 1.54) is 25.3 Å². The van der Waals surface area contributed by atoms with Crippen LogP contribution in [0.5, 0.6) is 5.75 Å². The normalized spacial score (nSPS) is 17.5. The molecule has 1 aliphatic rings. The third kappa shape index (κ3) is 5.74. The van der Waals surface area contributed by atoms with Gasteiger partial charge in [0, 0.05) is 11.9 Å². The van der Waals surface area contributed by atoms with Gasteiger partial charge in [0.05, 0.1) is 12.0 Å². The first-order chi connectivity index (χ1) is 15.1. The number of alkyl halides is 3. The van der Waals surface area contributed by atoms with Gasteiger partial charge in [0.25, 0.3) is 0 Å². The highest BCUT2D eigenvalue weighted by Crippen LogP contribution is 2.43. The summed E-state index contributed by atoms with van der Waals surface area (Å²) < 4.78 is 48.5. The Morgan fingerprint density at radius 3 is 2.44 bits per heavy atom. The minimum absolute atomic E-state index is 0.0310. The minimum Gasteiger partial charge on any atom is -0.493 e. The Hall–Kier alpha value is -2.28. The van der Waals surface area contributed by atoms with Gasteiger partial charge >= 0.3 is 6.18 Å². The summed E-state index contributed by atoms with van der Waals surface area (Å²) in [6.45, 7) is 5.89. The van der Waals surface area contributed by atoms with Gasteiger partial charge in [0.15, 0.2) is 0 Å². The van der Waals surface area contributed by atoms with Gasteiger partial charge in [-0.3, -0.25) is 10.2 Å². The molecule has 1 saturated heterocycles. The molecule has 1 fully saturated rings. The summed E-state index contributed by atoms with van der Waals surface area (Å²) in [5.74, 6) is 0.0396. The van der Waals surface area contributed by atoms with Gasteiger partial charge in [-0.25, -0.2) is 5.01 Å². The molecule has 1 amide bonds. The summed E-state index contributed by atoms with van der Waals surface area (Å²) in [5.41, 5.74) is 1.60. The van der Waals surface area contributed by atoms with E-state index in [1.807, 2.05) is 12.1 Å². The molecule has 0 unspecified atom stereocenters. The molecule has 4 nitrogen and oxygen atoms in total. The Labute approximate surface area is 188 Å². The lowest BCUT2D eigenvalue weighted by atomic mass is 9.93. The highest BCUT2D eigenvalue weighted by Gasteiger charge is 2.51. The van der Waals surface area contributed by atoms with E-state index in [1.54, 1.807) is 32.0 Å². The summed E-state index contributed by atoms with van der Waals surface area (Å²) >= 11 is 0. The van der Waals surface area contributed by atoms with Gasteiger partial charge in [-0.05, 0) is 43.4 Å². The average Bonchev–Trinajstić information content (AvgIpc) is 2.98. The highest BCUT2D eigenvalue weighted by atomic mass is 19.4. The number of fused-ring (bicyclic) bond motifs is 1. The first-order valence-electron chi connectivity index (χ1n) is 11.4. The van der Waals surface area contributed by atoms with E-state index >= 15 is 0 Å². The van der Waals surface area contributed by atoms with E-state index in [9.17, 15) is 18.0 Å². The van der Waals surface area contributed by atoms with Crippen molar-refractivity contribution < 1.29 is 22.7 Å². The molecule has 0 bridgehead atoms. The fraction of sp³-hybridized carbons (Fsp3) is 0.560. The maximum atomic E-state index is 14.2. The van der Waals surface area contributed by atoms with Crippen LogP contribution in [0.15, 0.2) is 36.4 Å². The van der Waals surface area contributed by atoms with Gasteiger partial charge in [-0.1, -0.05) is 63.3 Å². The number of carbonyl (C=O) groups is 1. The maximum Gasteiger partial charge on any atom is 0.409 e. The number of amides is 1. The fourth-order valence-electron chi connectivity index (χ4n) is 4.16. The Morgan fingerprint density at radius 1 is 1.09 bits per heavy atom. The molecule has 2 aromatic carbocycles. The van der Waals surface area contributed by atoms with Crippen LogP contribution in [0.25, 0.3) is 10.8 Å². The van der Waals surface area contributed by atoms with Gasteiger partial charge in [-0.15, -0.1) is 0 Å². The van der Waals surface area contributed by atoms with Crippen molar-refractivity contribution >= 4 is 16.7 Å². The summed E-state index contributed by atoms with van der Waals surface area (Å²) in [5, 5.41) is 2.47. The van der Waals surface area contributed by atoms with Crippen LogP contribution in [0.4, 0.5) is 13.2 Å². The molecule has 7 heteroatoms. The molecule has 0 spiro atoms. The highest BCUT2D eigenvalue weighted by molar-refractivity contribution is 5.89. The zero-order valence-electron chi connectivity index (χ0n) is 19.1. The Bertz CT molecular complexity index is 927. The number of carbonyl (C=O) groups excluding carboxylic acids is 1. The second-order valence-electron chi connectivity index (χ2n) is 9.25. The monoisotopic (exact) mass is 450 g/mol. The zero-order valence-corrected chi connectivity index (χ0v) is 19.1. The largest absolute Gasteiger partial charge is 0.493 e. The van der Waals surface area contributed by atoms with Crippen LogP contribution < -0.4 is 10.2 Å². The Balaban J connectivity index is 1.86. The van der Waals surface area contributed by atoms with Crippen molar-refractivity contribution in [2.45, 2.75) is 71.5 Å². The predicted molar refractivity (Wildman–Crippen MR) is 120 cm³/mol. The third-order valence-corrected chi connectivity index (χ3v) is 5.96. The van der Waals surface area contributed by atoms with Crippen LogP contribution in [-0.4, -0.2) is 30.2 Å². The minimum atomic E-state index is -4.56. The number of benzene rings is 2. The van der Waals surface area contributed by atoms with Gasteiger partial charge < -0.3 is 4.74 Å². The number of nitrogens with one attached hydrogen (secondary N) is 1.